The number of halogens is 2. The van der Waals surface area contributed by atoms with Gasteiger partial charge in [-0.15, -0.1) is 0 Å². The van der Waals surface area contributed by atoms with Gasteiger partial charge in [0, 0.05) is 19.2 Å². The molecule has 1 aliphatic rings. The van der Waals surface area contributed by atoms with Gasteiger partial charge in [0.15, 0.2) is 0 Å². The summed E-state index contributed by atoms with van der Waals surface area (Å²) in [5.41, 5.74) is 2.10. The number of hydrogen-bond donors (Lipinski definition) is 1. The molecular formula is C22H24F2N4O. The van der Waals surface area contributed by atoms with Crippen molar-refractivity contribution in [1.82, 2.24) is 14.5 Å². The third-order valence-electron chi connectivity index (χ3n) is 5.48. The molecule has 2 aromatic carbocycles. The van der Waals surface area contributed by atoms with E-state index in [-0.39, 0.29) is 17.5 Å². The van der Waals surface area contributed by atoms with Crippen LogP contribution in [0.5, 0.6) is 0 Å². The lowest BCUT2D eigenvalue weighted by Crippen LogP contribution is -2.40. The molecule has 3 aromatic rings. The molecule has 0 radical (unpaired) electrons. The Labute approximate surface area is 168 Å². The Morgan fingerprint density at radius 2 is 2.07 bits per heavy atom. The Morgan fingerprint density at radius 1 is 1.24 bits per heavy atom. The molecule has 152 valence electrons. The van der Waals surface area contributed by atoms with Gasteiger partial charge in [-0.05, 0) is 50.6 Å². The quantitative estimate of drug-likeness (QED) is 0.701. The van der Waals surface area contributed by atoms with Crippen molar-refractivity contribution in [2.75, 3.05) is 18.4 Å². The van der Waals surface area contributed by atoms with Crippen molar-refractivity contribution in [3.05, 3.63) is 59.9 Å². The highest BCUT2D eigenvalue weighted by molar-refractivity contribution is 5.92. The van der Waals surface area contributed by atoms with Crippen LogP contribution in [0.15, 0.2) is 42.5 Å². The van der Waals surface area contributed by atoms with Gasteiger partial charge in [-0.1, -0.05) is 12.1 Å². The van der Waals surface area contributed by atoms with Gasteiger partial charge in [-0.3, -0.25) is 9.69 Å². The molecule has 1 saturated heterocycles. The van der Waals surface area contributed by atoms with E-state index in [0.717, 1.165) is 54.9 Å². The maximum Gasteiger partial charge on any atom is 0.228 e. The minimum Gasteiger partial charge on any atom is -0.327 e. The van der Waals surface area contributed by atoms with Crippen molar-refractivity contribution in [3.63, 3.8) is 0 Å². The van der Waals surface area contributed by atoms with E-state index in [2.05, 4.69) is 27.8 Å². The zero-order chi connectivity index (χ0) is 20.4. The standard InChI is InChI=1S/C22H24F2N4O/c1-2-28-20-8-4-3-7-19(20)25-21(28)14-27-11-5-6-15(13-27)22(29)26-18-10-9-16(23)12-17(18)24/h3-4,7-10,12,15H,2,5-6,11,13-14H2,1H3,(H,26,29)/t15-/m1/s1. The van der Waals surface area contributed by atoms with Gasteiger partial charge in [0.25, 0.3) is 0 Å². The van der Waals surface area contributed by atoms with E-state index >= 15 is 0 Å². The molecule has 2 heterocycles. The normalized spacial score (nSPS) is 17.6. The zero-order valence-corrected chi connectivity index (χ0v) is 16.4. The Kier molecular flexibility index (Phi) is 5.58. The zero-order valence-electron chi connectivity index (χ0n) is 16.4. The summed E-state index contributed by atoms with van der Waals surface area (Å²) in [6, 6.07) is 11.2. The van der Waals surface area contributed by atoms with E-state index in [1.54, 1.807) is 0 Å². The van der Waals surface area contributed by atoms with Crippen LogP contribution in [0.1, 0.15) is 25.6 Å². The Hall–Kier alpha value is -2.80. The molecule has 1 aromatic heterocycles. The minimum atomic E-state index is -0.761. The fourth-order valence-corrected chi connectivity index (χ4v) is 4.04. The number of aromatic nitrogens is 2. The number of benzene rings is 2. The second-order valence-corrected chi connectivity index (χ2v) is 7.45. The molecule has 1 N–H and O–H groups in total. The highest BCUT2D eigenvalue weighted by Crippen LogP contribution is 2.23. The lowest BCUT2D eigenvalue weighted by molar-refractivity contribution is -0.121. The smallest absolute Gasteiger partial charge is 0.228 e. The summed E-state index contributed by atoms with van der Waals surface area (Å²) in [7, 11) is 0. The molecule has 0 aliphatic carbocycles. The molecule has 1 amide bonds. The fourth-order valence-electron chi connectivity index (χ4n) is 4.04. The molecule has 0 spiro atoms. The number of aryl methyl sites for hydroxylation is 1. The van der Waals surface area contributed by atoms with Crippen LogP contribution in [0.2, 0.25) is 0 Å². The number of likely N-dealkylation sites (tertiary alicyclic amines) is 1. The molecule has 4 rings (SSSR count). The van der Waals surface area contributed by atoms with E-state index in [0.29, 0.717) is 13.1 Å². The van der Waals surface area contributed by atoms with Crippen LogP contribution in [0.25, 0.3) is 11.0 Å². The summed E-state index contributed by atoms with van der Waals surface area (Å²) < 4.78 is 29.1. The van der Waals surface area contributed by atoms with Gasteiger partial charge in [0.2, 0.25) is 5.91 Å². The van der Waals surface area contributed by atoms with Crippen molar-refractivity contribution >= 4 is 22.6 Å². The molecule has 1 aliphatic heterocycles. The summed E-state index contributed by atoms with van der Waals surface area (Å²) in [4.78, 5) is 19.6. The molecule has 1 atom stereocenters. The monoisotopic (exact) mass is 398 g/mol. The Bertz CT molecular complexity index is 1030. The molecule has 5 nitrogen and oxygen atoms in total. The van der Waals surface area contributed by atoms with E-state index in [1.807, 2.05) is 18.2 Å². The summed E-state index contributed by atoms with van der Waals surface area (Å²) in [6.07, 6.45) is 1.63. The molecule has 7 heteroatoms. The van der Waals surface area contributed by atoms with Crippen LogP contribution in [0, 0.1) is 17.6 Å². The lowest BCUT2D eigenvalue weighted by atomic mass is 9.97. The Balaban J connectivity index is 1.45. The number of nitrogens with one attached hydrogen (secondary N) is 1. The van der Waals surface area contributed by atoms with E-state index < -0.39 is 11.6 Å². The number of hydrogen-bond acceptors (Lipinski definition) is 3. The highest BCUT2D eigenvalue weighted by Gasteiger charge is 2.27. The number of para-hydroxylation sites is 2. The van der Waals surface area contributed by atoms with Gasteiger partial charge in [-0.2, -0.15) is 0 Å². The summed E-state index contributed by atoms with van der Waals surface area (Å²) in [5, 5.41) is 2.61. The number of rotatable bonds is 5. The predicted octanol–water partition coefficient (Wildman–Crippen LogP) is 4.19. The maximum absolute atomic E-state index is 13.9. The van der Waals surface area contributed by atoms with Crippen LogP contribution in [-0.4, -0.2) is 33.4 Å². The van der Waals surface area contributed by atoms with Gasteiger partial charge < -0.3 is 9.88 Å². The highest BCUT2D eigenvalue weighted by atomic mass is 19.1. The number of imidazole rings is 1. The Morgan fingerprint density at radius 3 is 2.86 bits per heavy atom. The number of fused-ring (bicyclic) bond motifs is 1. The number of carbonyl (C=O) groups excluding carboxylic acids is 1. The average Bonchev–Trinajstić information content (AvgIpc) is 3.07. The van der Waals surface area contributed by atoms with E-state index in [9.17, 15) is 13.6 Å². The number of carbonyl (C=O) groups is 1. The van der Waals surface area contributed by atoms with Gasteiger partial charge >= 0.3 is 0 Å². The summed E-state index contributed by atoms with van der Waals surface area (Å²) in [5.74, 6) is -0.915. The largest absolute Gasteiger partial charge is 0.327 e. The van der Waals surface area contributed by atoms with Crippen LogP contribution in [-0.2, 0) is 17.9 Å². The first-order valence-electron chi connectivity index (χ1n) is 9.97. The molecule has 0 saturated carbocycles. The molecule has 0 unspecified atom stereocenters. The maximum atomic E-state index is 13.9. The third kappa shape index (κ3) is 4.15. The van der Waals surface area contributed by atoms with E-state index in [4.69, 9.17) is 4.98 Å². The van der Waals surface area contributed by atoms with Crippen LogP contribution < -0.4 is 5.32 Å². The second kappa shape index (κ2) is 8.29. The predicted molar refractivity (Wildman–Crippen MR) is 108 cm³/mol. The van der Waals surface area contributed by atoms with Gasteiger partial charge in [0.05, 0.1) is 29.2 Å². The van der Waals surface area contributed by atoms with Crippen molar-refractivity contribution in [3.8, 4) is 0 Å². The average molecular weight is 398 g/mol. The lowest BCUT2D eigenvalue weighted by Gasteiger charge is -2.31. The first kappa shape index (κ1) is 19.5. The summed E-state index contributed by atoms with van der Waals surface area (Å²) >= 11 is 0. The van der Waals surface area contributed by atoms with Crippen LogP contribution >= 0.6 is 0 Å². The first-order chi connectivity index (χ1) is 14.0. The molecule has 29 heavy (non-hydrogen) atoms. The topological polar surface area (TPSA) is 50.2 Å². The molecular weight excluding hydrogens is 374 g/mol. The number of amides is 1. The van der Waals surface area contributed by atoms with Crippen molar-refractivity contribution in [2.45, 2.75) is 32.9 Å². The van der Waals surface area contributed by atoms with E-state index in [1.165, 1.54) is 6.07 Å². The molecule has 0 bridgehead atoms. The number of piperidine rings is 1. The number of nitrogens with zero attached hydrogens (tertiary/aromatic N) is 3. The van der Waals surface area contributed by atoms with Crippen molar-refractivity contribution < 1.29 is 13.6 Å². The van der Waals surface area contributed by atoms with Gasteiger partial charge in [-0.25, -0.2) is 13.8 Å². The summed E-state index contributed by atoms with van der Waals surface area (Å²) in [6.45, 7) is 5.07. The fraction of sp³-hybridized carbons (Fsp3) is 0.364. The number of anilines is 1. The van der Waals surface area contributed by atoms with Crippen molar-refractivity contribution in [1.29, 1.82) is 0 Å². The molecule has 1 fully saturated rings. The van der Waals surface area contributed by atoms with Gasteiger partial charge in [0.1, 0.15) is 17.5 Å². The minimum absolute atomic E-state index is 0.0151. The first-order valence-corrected chi connectivity index (χ1v) is 9.97. The van der Waals surface area contributed by atoms with Crippen molar-refractivity contribution in [2.24, 2.45) is 5.92 Å². The van der Waals surface area contributed by atoms with Crippen LogP contribution in [0.3, 0.4) is 0 Å². The van der Waals surface area contributed by atoms with Crippen LogP contribution in [0.4, 0.5) is 14.5 Å². The SMILES string of the molecule is CCn1c(CN2CCC[C@@H](C(=O)Nc3ccc(F)cc3F)C2)nc2ccccc21. The third-order valence-corrected chi connectivity index (χ3v) is 5.48. The second-order valence-electron chi connectivity index (χ2n) is 7.45.